The molecule has 0 spiro atoms. The summed E-state index contributed by atoms with van der Waals surface area (Å²) in [6.07, 6.45) is 0. The number of nitrogens with zero attached hydrogens (tertiary/aromatic N) is 2. The van der Waals surface area contributed by atoms with Crippen LogP contribution in [0.4, 0.5) is 5.69 Å². The van der Waals surface area contributed by atoms with E-state index in [9.17, 15) is 0 Å². The lowest BCUT2D eigenvalue weighted by Crippen LogP contribution is -2.23. The second-order valence-electron chi connectivity index (χ2n) is 5.12. The van der Waals surface area contributed by atoms with Crippen molar-refractivity contribution in [1.82, 2.24) is 4.98 Å². The molecule has 1 aromatic heterocycles. The fraction of sp³-hybridized carbons (Fsp3) is 0.333. The van der Waals surface area contributed by atoms with Gasteiger partial charge in [0.25, 0.3) is 0 Å². The quantitative estimate of drug-likeness (QED) is 0.603. The zero-order valence-electron chi connectivity index (χ0n) is 14.4. The molecule has 0 atom stereocenters. The first-order chi connectivity index (χ1) is 11.6. The number of nitrogens with two attached hydrogens (primary N) is 1. The molecule has 3 N–H and O–H groups in total. The summed E-state index contributed by atoms with van der Waals surface area (Å²) in [5, 5.41) is 3.07. The average Bonchev–Trinajstić information content (AvgIpc) is 2.56. The molecule has 0 unspecified atom stereocenters. The second-order valence-corrected chi connectivity index (χ2v) is 5.12. The van der Waals surface area contributed by atoms with Crippen LogP contribution >= 0.6 is 0 Å². The molecule has 6 nitrogen and oxygen atoms in total. The number of anilines is 1. The number of aryl methyl sites for hydroxylation is 1. The van der Waals surface area contributed by atoms with Crippen LogP contribution in [-0.2, 0) is 6.54 Å². The van der Waals surface area contributed by atoms with Crippen LogP contribution in [0.2, 0.25) is 0 Å². The van der Waals surface area contributed by atoms with Crippen LogP contribution in [0.3, 0.4) is 0 Å². The largest absolute Gasteiger partial charge is 0.494 e. The zero-order valence-corrected chi connectivity index (χ0v) is 14.4. The topological polar surface area (TPSA) is 81.8 Å². The Bertz CT molecular complexity index is 701. The Balaban J connectivity index is 2.12. The van der Waals surface area contributed by atoms with Gasteiger partial charge in [-0.2, -0.15) is 0 Å². The first-order valence-electron chi connectivity index (χ1n) is 8.01. The molecule has 24 heavy (non-hydrogen) atoms. The van der Waals surface area contributed by atoms with E-state index in [1.54, 1.807) is 0 Å². The van der Waals surface area contributed by atoms with Gasteiger partial charge in [-0.25, -0.2) is 4.99 Å². The maximum Gasteiger partial charge on any atom is 0.193 e. The standard InChI is InChI=1S/C18H24N4O2/c1-4-23-15-9-10-17(24-5-2)16(11-15)22-18(19)20-12-14-8-6-7-13(3)21-14/h6-11H,4-5,12H2,1-3H3,(H3,19,20,22). The van der Waals surface area contributed by atoms with Crippen LogP contribution in [0.15, 0.2) is 41.4 Å². The number of benzene rings is 1. The minimum absolute atomic E-state index is 0.299. The van der Waals surface area contributed by atoms with Crippen LogP contribution in [0.5, 0.6) is 11.5 Å². The first-order valence-corrected chi connectivity index (χ1v) is 8.01. The van der Waals surface area contributed by atoms with Gasteiger partial charge in [0.2, 0.25) is 0 Å². The average molecular weight is 328 g/mol. The third kappa shape index (κ3) is 5.15. The SMILES string of the molecule is CCOc1ccc(OCC)c(NC(N)=NCc2cccc(C)n2)c1. The molecule has 0 amide bonds. The number of aromatic nitrogens is 1. The van der Waals surface area contributed by atoms with E-state index in [1.165, 1.54) is 0 Å². The van der Waals surface area contributed by atoms with E-state index in [2.05, 4.69) is 15.3 Å². The molecular formula is C18H24N4O2. The number of guanidine groups is 1. The first kappa shape index (κ1) is 17.6. The third-order valence-corrected chi connectivity index (χ3v) is 3.18. The van der Waals surface area contributed by atoms with Crippen molar-refractivity contribution >= 4 is 11.6 Å². The van der Waals surface area contributed by atoms with Crippen molar-refractivity contribution in [3.63, 3.8) is 0 Å². The summed E-state index contributed by atoms with van der Waals surface area (Å²) in [6.45, 7) is 7.39. The number of rotatable bonds is 7. The van der Waals surface area contributed by atoms with Gasteiger partial charge in [-0.15, -0.1) is 0 Å². The summed E-state index contributed by atoms with van der Waals surface area (Å²) >= 11 is 0. The molecule has 2 aromatic rings. The number of hydrogen-bond donors (Lipinski definition) is 2. The molecule has 2 rings (SSSR count). The summed E-state index contributed by atoms with van der Waals surface area (Å²) in [5.74, 6) is 1.75. The summed E-state index contributed by atoms with van der Waals surface area (Å²) in [5.41, 5.74) is 8.54. The summed E-state index contributed by atoms with van der Waals surface area (Å²) < 4.78 is 11.1. The smallest absolute Gasteiger partial charge is 0.193 e. The fourth-order valence-electron chi connectivity index (χ4n) is 2.18. The zero-order chi connectivity index (χ0) is 17.4. The maximum absolute atomic E-state index is 6.00. The molecule has 0 aliphatic carbocycles. The minimum Gasteiger partial charge on any atom is -0.494 e. The monoisotopic (exact) mass is 328 g/mol. The highest BCUT2D eigenvalue weighted by Gasteiger charge is 2.07. The number of aliphatic imine (C=N–C) groups is 1. The molecule has 0 radical (unpaired) electrons. The van der Waals surface area contributed by atoms with Crippen molar-refractivity contribution in [2.24, 2.45) is 10.7 Å². The highest BCUT2D eigenvalue weighted by atomic mass is 16.5. The second kappa shape index (κ2) is 8.76. The molecule has 0 bridgehead atoms. The van der Waals surface area contributed by atoms with Gasteiger partial charge in [0.1, 0.15) is 11.5 Å². The van der Waals surface area contributed by atoms with Gasteiger partial charge in [0, 0.05) is 11.8 Å². The Labute approximate surface area is 142 Å². The molecule has 128 valence electrons. The number of hydrogen-bond acceptors (Lipinski definition) is 4. The predicted molar refractivity (Wildman–Crippen MR) is 96.7 cm³/mol. The molecular weight excluding hydrogens is 304 g/mol. The van der Waals surface area contributed by atoms with E-state index >= 15 is 0 Å². The van der Waals surface area contributed by atoms with Gasteiger partial charge < -0.3 is 20.5 Å². The summed E-state index contributed by atoms with van der Waals surface area (Å²) in [6, 6.07) is 11.4. The molecule has 0 saturated carbocycles. The number of pyridine rings is 1. The number of ether oxygens (including phenoxy) is 2. The molecule has 0 saturated heterocycles. The van der Waals surface area contributed by atoms with Crippen LogP contribution < -0.4 is 20.5 Å². The van der Waals surface area contributed by atoms with Gasteiger partial charge in [-0.05, 0) is 45.0 Å². The van der Waals surface area contributed by atoms with Gasteiger partial charge in [-0.3, -0.25) is 4.98 Å². The van der Waals surface area contributed by atoms with Crippen molar-refractivity contribution in [3.05, 3.63) is 47.8 Å². The molecule has 0 fully saturated rings. The van der Waals surface area contributed by atoms with Crippen LogP contribution in [-0.4, -0.2) is 24.2 Å². The van der Waals surface area contributed by atoms with E-state index in [1.807, 2.05) is 57.2 Å². The lowest BCUT2D eigenvalue weighted by molar-refractivity contribution is 0.332. The van der Waals surface area contributed by atoms with Gasteiger partial charge >= 0.3 is 0 Å². The minimum atomic E-state index is 0.299. The lowest BCUT2D eigenvalue weighted by atomic mass is 10.2. The fourth-order valence-corrected chi connectivity index (χ4v) is 2.18. The summed E-state index contributed by atoms with van der Waals surface area (Å²) in [7, 11) is 0. The van der Waals surface area contributed by atoms with Crippen molar-refractivity contribution in [3.8, 4) is 11.5 Å². The normalized spacial score (nSPS) is 11.2. The van der Waals surface area contributed by atoms with E-state index in [0.29, 0.717) is 31.5 Å². The highest BCUT2D eigenvalue weighted by Crippen LogP contribution is 2.29. The Morgan fingerprint density at radius 1 is 1.17 bits per heavy atom. The van der Waals surface area contributed by atoms with E-state index in [4.69, 9.17) is 15.2 Å². The van der Waals surface area contributed by atoms with Gasteiger partial charge in [0.05, 0.1) is 31.1 Å². The van der Waals surface area contributed by atoms with Gasteiger partial charge in [0.15, 0.2) is 5.96 Å². The van der Waals surface area contributed by atoms with Crippen LogP contribution in [0.25, 0.3) is 0 Å². The third-order valence-electron chi connectivity index (χ3n) is 3.18. The van der Waals surface area contributed by atoms with Crippen molar-refractivity contribution in [2.45, 2.75) is 27.3 Å². The lowest BCUT2D eigenvalue weighted by Gasteiger charge is -2.14. The molecule has 6 heteroatoms. The maximum atomic E-state index is 6.00. The molecule has 1 heterocycles. The van der Waals surface area contributed by atoms with Gasteiger partial charge in [-0.1, -0.05) is 6.07 Å². The molecule has 1 aromatic carbocycles. The van der Waals surface area contributed by atoms with E-state index in [0.717, 1.165) is 22.8 Å². The molecule has 0 aliphatic heterocycles. The van der Waals surface area contributed by atoms with Crippen LogP contribution in [0, 0.1) is 6.92 Å². The Morgan fingerprint density at radius 2 is 1.96 bits per heavy atom. The van der Waals surface area contributed by atoms with Crippen molar-refractivity contribution in [2.75, 3.05) is 18.5 Å². The number of nitrogens with one attached hydrogen (secondary N) is 1. The Kier molecular flexibility index (Phi) is 6.42. The Morgan fingerprint density at radius 3 is 2.67 bits per heavy atom. The summed E-state index contributed by atoms with van der Waals surface area (Å²) in [4.78, 5) is 8.73. The van der Waals surface area contributed by atoms with E-state index < -0.39 is 0 Å². The molecule has 0 aliphatic rings. The highest BCUT2D eigenvalue weighted by molar-refractivity contribution is 5.94. The van der Waals surface area contributed by atoms with Crippen LogP contribution in [0.1, 0.15) is 25.2 Å². The van der Waals surface area contributed by atoms with Crippen molar-refractivity contribution < 1.29 is 9.47 Å². The van der Waals surface area contributed by atoms with E-state index in [-0.39, 0.29) is 0 Å². The van der Waals surface area contributed by atoms with Crippen molar-refractivity contribution in [1.29, 1.82) is 0 Å². The Hall–Kier alpha value is -2.76. The predicted octanol–water partition coefficient (Wildman–Crippen LogP) is 3.11.